The van der Waals surface area contributed by atoms with E-state index in [9.17, 15) is 0 Å². The van der Waals surface area contributed by atoms with Crippen molar-refractivity contribution in [2.45, 2.75) is 31.9 Å². The number of benzene rings is 2. The third kappa shape index (κ3) is 4.23. The minimum Gasteiger partial charge on any atom is -0.391 e. The van der Waals surface area contributed by atoms with E-state index in [-0.39, 0.29) is 12.4 Å². The van der Waals surface area contributed by atoms with Crippen LogP contribution >= 0.6 is 12.4 Å². The molecule has 3 nitrogen and oxygen atoms in total. The van der Waals surface area contributed by atoms with E-state index in [2.05, 4.69) is 52.5 Å². The zero-order chi connectivity index (χ0) is 16.2. The number of fused-ring (bicyclic) bond motifs is 3. The molecular weight excluding hydrogens is 332 g/mol. The summed E-state index contributed by atoms with van der Waals surface area (Å²) in [5.74, 6) is 0.850. The van der Waals surface area contributed by atoms with E-state index in [1.807, 2.05) is 18.2 Å². The summed E-state index contributed by atoms with van der Waals surface area (Å²) in [6.07, 6.45) is 3.88. The Kier molecular flexibility index (Phi) is 6.11. The molecule has 132 valence electrons. The van der Waals surface area contributed by atoms with E-state index in [1.54, 1.807) is 0 Å². The van der Waals surface area contributed by atoms with Crippen molar-refractivity contribution in [2.75, 3.05) is 13.1 Å². The molecule has 1 atom stereocenters. The molecule has 2 aromatic carbocycles. The van der Waals surface area contributed by atoms with E-state index in [0.717, 1.165) is 17.2 Å². The van der Waals surface area contributed by atoms with Gasteiger partial charge >= 0.3 is 0 Å². The first-order chi connectivity index (χ1) is 11.9. The molecule has 0 amide bonds. The van der Waals surface area contributed by atoms with Gasteiger partial charge in [-0.2, -0.15) is 0 Å². The standard InChI is InChI=1S/C21H24N2O.ClH/c1-3-7-18(8-4-1)16-24-22-21(19-9-5-2-6-10-19)20-15-17-11-13-23(20)14-12-17;/h1-10,17,20H,11-16H2;1H/b22-21-;. The SMILES string of the molecule is Cl.c1ccc(CO/N=C(/c2ccccc2)C2CC3CCN2CC3)cc1. The van der Waals surface area contributed by atoms with Gasteiger partial charge in [-0.15, -0.1) is 12.4 Å². The Morgan fingerprint density at radius 2 is 1.60 bits per heavy atom. The third-order valence-corrected chi connectivity index (χ3v) is 5.27. The van der Waals surface area contributed by atoms with Gasteiger partial charge in [0, 0.05) is 5.56 Å². The second-order valence-electron chi connectivity index (χ2n) is 6.83. The molecule has 3 fully saturated rings. The van der Waals surface area contributed by atoms with E-state index in [1.165, 1.54) is 37.9 Å². The highest BCUT2D eigenvalue weighted by Gasteiger charge is 2.37. The molecule has 25 heavy (non-hydrogen) atoms. The molecule has 0 radical (unpaired) electrons. The minimum atomic E-state index is 0. The van der Waals surface area contributed by atoms with Crippen molar-refractivity contribution >= 4 is 18.1 Å². The molecule has 3 heterocycles. The molecule has 5 rings (SSSR count). The Morgan fingerprint density at radius 1 is 0.960 bits per heavy atom. The van der Waals surface area contributed by atoms with Gasteiger partial charge in [0.05, 0.1) is 6.04 Å². The predicted molar refractivity (Wildman–Crippen MR) is 104 cm³/mol. The lowest BCUT2D eigenvalue weighted by Gasteiger charge is -2.45. The van der Waals surface area contributed by atoms with Crippen molar-refractivity contribution in [3.63, 3.8) is 0 Å². The quantitative estimate of drug-likeness (QED) is 0.581. The highest BCUT2D eigenvalue weighted by Crippen LogP contribution is 2.33. The second kappa shape index (κ2) is 8.50. The summed E-state index contributed by atoms with van der Waals surface area (Å²) < 4.78 is 0. The Balaban J connectivity index is 0.00000182. The zero-order valence-electron chi connectivity index (χ0n) is 14.4. The monoisotopic (exact) mass is 356 g/mol. The van der Waals surface area contributed by atoms with Crippen molar-refractivity contribution in [1.29, 1.82) is 0 Å². The number of hydrogen-bond acceptors (Lipinski definition) is 3. The van der Waals surface area contributed by atoms with Crippen LogP contribution in [0.2, 0.25) is 0 Å². The minimum absolute atomic E-state index is 0. The van der Waals surface area contributed by atoms with Gasteiger partial charge in [0.2, 0.25) is 0 Å². The fourth-order valence-corrected chi connectivity index (χ4v) is 3.92. The Bertz CT molecular complexity index is 682. The summed E-state index contributed by atoms with van der Waals surface area (Å²) in [5.41, 5.74) is 3.43. The lowest BCUT2D eigenvalue weighted by Crippen LogP contribution is -2.52. The maximum atomic E-state index is 5.76. The van der Waals surface area contributed by atoms with Crippen LogP contribution in [0.15, 0.2) is 65.8 Å². The molecule has 3 aliphatic rings. The molecule has 3 saturated heterocycles. The number of rotatable bonds is 5. The van der Waals surface area contributed by atoms with Crippen LogP contribution in [-0.2, 0) is 11.4 Å². The number of halogens is 1. The summed E-state index contributed by atoms with van der Waals surface area (Å²) in [6.45, 7) is 2.91. The van der Waals surface area contributed by atoms with Gasteiger partial charge in [0.25, 0.3) is 0 Å². The molecule has 0 N–H and O–H groups in total. The molecule has 0 spiro atoms. The van der Waals surface area contributed by atoms with Crippen molar-refractivity contribution < 1.29 is 4.84 Å². The number of piperidine rings is 3. The maximum Gasteiger partial charge on any atom is 0.142 e. The fourth-order valence-electron chi connectivity index (χ4n) is 3.92. The number of oxime groups is 1. The fraction of sp³-hybridized carbons (Fsp3) is 0.381. The van der Waals surface area contributed by atoms with Crippen molar-refractivity contribution in [3.8, 4) is 0 Å². The number of hydrogen-bond donors (Lipinski definition) is 0. The number of nitrogens with zero attached hydrogens (tertiary/aromatic N) is 2. The van der Waals surface area contributed by atoms with E-state index >= 15 is 0 Å². The van der Waals surface area contributed by atoms with Gasteiger partial charge in [-0.25, -0.2) is 0 Å². The molecule has 3 aliphatic heterocycles. The summed E-state index contributed by atoms with van der Waals surface area (Å²) >= 11 is 0. The van der Waals surface area contributed by atoms with Crippen LogP contribution in [0.4, 0.5) is 0 Å². The van der Waals surface area contributed by atoms with Gasteiger partial charge in [0.1, 0.15) is 12.3 Å². The zero-order valence-corrected chi connectivity index (χ0v) is 15.2. The average Bonchev–Trinajstić information content (AvgIpc) is 2.68. The first-order valence-electron chi connectivity index (χ1n) is 8.93. The second-order valence-corrected chi connectivity index (χ2v) is 6.83. The van der Waals surface area contributed by atoms with Crippen molar-refractivity contribution in [3.05, 3.63) is 71.8 Å². The smallest absolute Gasteiger partial charge is 0.142 e. The predicted octanol–water partition coefficient (Wildman–Crippen LogP) is 4.51. The van der Waals surface area contributed by atoms with Gasteiger partial charge in [-0.1, -0.05) is 65.8 Å². The van der Waals surface area contributed by atoms with Crippen LogP contribution in [0.3, 0.4) is 0 Å². The van der Waals surface area contributed by atoms with Gasteiger partial charge in [0.15, 0.2) is 0 Å². The van der Waals surface area contributed by atoms with Crippen LogP contribution in [0.1, 0.15) is 30.4 Å². The molecule has 1 unspecified atom stereocenters. The Labute approximate surface area is 156 Å². The molecule has 2 bridgehead atoms. The molecule has 4 heteroatoms. The summed E-state index contributed by atoms with van der Waals surface area (Å²) in [4.78, 5) is 8.34. The maximum absolute atomic E-state index is 5.76. The lowest BCUT2D eigenvalue weighted by atomic mass is 9.80. The molecule has 2 aromatic rings. The van der Waals surface area contributed by atoms with Crippen molar-refractivity contribution in [2.24, 2.45) is 11.1 Å². The topological polar surface area (TPSA) is 24.8 Å². The summed E-state index contributed by atoms with van der Waals surface area (Å²) in [5, 5.41) is 4.61. The average molecular weight is 357 g/mol. The van der Waals surface area contributed by atoms with Crippen LogP contribution in [0.25, 0.3) is 0 Å². The normalized spacial score (nSPS) is 25.3. The van der Waals surface area contributed by atoms with E-state index < -0.39 is 0 Å². The van der Waals surface area contributed by atoms with Crippen LogP contribution in [0.5, 0.6) is 0 Å². The van der Waals surface area contributed by atoms with Gasteiger partial charge in [-0.3, -0.25) is 4.90 Å². The van der Waals surface area contributed by atoms with Crippen molar-refractivity contribution in [1.82, 2.24) is 4.90 Å². The summed E-state index contributed by atoms with van der Waals surface area (Å²) in [7, 11) is 0. The van der Waals surface area contributed by atoms with Gasteiger partial charge in [-0.05, 0) is 43.8 Å². The summed E-state index contributed by atoms with van der Waals surface area (Å²) in [6, 6.07) is 21.1. The third-order valence-electron chi connectivity index (χ3n) is 5.27. The first kappa shape index (κ1) is 18.0. The highest BCUT2D eigenvalue weighted by molar-refractivity contribution is 6.04. The highest BCUT2D eigenvalue weighted by atomic mass is 35.5. The largest absolute Gasteiger partial charge is 0.391 e. The molecular formula is C21H25ClN2O. The van der Waals surface area contributed by atoms with Crippen LogP contribution < -0.4 is 0 Å². The first-order valence-corrected chi connectivity index (χ1v) is 8.93. The Hall–Kier alpha value is -1.84. The molecule has 0 saturated carbocycles. The Morgan fingerprint density at radius 3 is 2.20 bits per heavy atom. The molecule has 0 aliphatic carbocycles. The van der Waals surface area contributed by atoms with Gasteiger partial charge < -0.3 is 4.84 Å². The van der Waals surface area contributed by atoms with E-state index in [4.69, 9.17) is 4.84 Å². The van der Waals surface area contributed by atoms with Crippen LogP contribution in [-0.4, -0.2) is 29.7 Å². The lowest BCUT2D eigenvalue weighted by molar-refractivity contribution is 0.0762. The molecule has 0 aromatic heterocycles. The van der Waals surface area contributed by atoms with Crippen LogP contribution in [0, 0.1) is 5.92 Å². The van der Waals surface area contributed by atoms with E-state index in [0.29, 0.717) is 12.6 Å².